The summed E-state index contributed by atoms with van der Waals surface area (Å²) >= 11 is 0. The lowest BCUT2D eigenvalue weighted by Gasteiger charge is -2.25. The first-order chi connectivity index (χ1) is 15.4. The SMILES string of the molecule is COCCN1C(=O)C(=O)/C(=C(\O)c2c[nH]c3ccccc23)C1c1cccc(OC(C)C)c1. The van der Waals surface area contributed by atoms with E-state index < -0.39 is 17.7 Å². The van der Waals surface area contributed by atoms with Gasteiger partial charge in [0, 0.05) is 36.3 Å². The second-order valence-corrected chi connectivity index (χ2v) is 7.97. The largest absolute Gasteiger partial charge is 0.507 e. The molecule has 1 amide bonds. The van der Waals surface area contributed by atoms with E-state index in [-0.39, 0.29) is 30.6 Å². The minimum absolute atomic E-state index is 0.0312. The Labute approximate surface area is 186 Å². The van der Waals surface area contributed by atoms with Crippen molar-refractivity contribution < 1.29 is 24.2 Å². The number of aromatic nitrogens is 1. The van der Waals surface area contributed by atoms with Crippen LogP contribution >= 0.6 is 0 Å². The Morgan fingerprint density at radius 2 is 1.94 bits per heavy atom. The number of ketones is 1. The molecular weight excluding hydrogens is 408 g/mol. The van der Waals surface area contributed by atoms with Crippen molar-refractivity contribution in [2.75, 3.05) is 20.3 Å². The monoisotopic (exact) mass is 434 g/mol. The van der Waals surface area contributed by atoms with Gasteiger partial charge in [-0.05, 0) is 37.6 Å². The van der Waals surface area contributed by atoms with E-state index in [0.717, 1.165) is 10.9 Å². The predicted octanol–water partition coefficient (Wildman–Crippen LogP) is 4.02. The van der Waals surface area contributed by atoms with Gasteiger partial charge in [-0.2, -0.15) is 0 Å². The molecule has 0 bridgehead atoms. The van der Waals surface area contributed by atoms with Crippen LogP contribution in [0.1, 0.15) is 31.0 Å². The number of para-hydroxylation sites is 1. The molecule has 4 rings (SSSR count). The lowest BCUT2D eigenvalue weighted by Crippen LogP contribution is -2.32. The Bertz CT molecular complexity index is 1190. The molecule has 2 N–H and O–H groups in total. The Hall–Kier alpha value is -3.58. The number of ether oxygens (including phenoxy) is 2. The molecule has 166 valence electrons. The number of nitrogens with zero attached hydrogens (tertiary/aromatic N) is 1. The van der Waals surface area contributed by atoms with Crippen LogP contribution in [-0.4, -0.2) is 53.0 Å². The third-order valence-electron chi connectivity index (χ3n) is 5.47. The van der Waals surface area contributed by atoms with Crippen molar-refractivity contribution in [3.8, 4) is 5.75 Å². The molecule has 2 aromatic carbocycles. The zero-order chi connectivity index (χ0) is 22.8. The number of hydrogen-bond donors (Lipinski definition) is 2. The number of likely N-dealkylation sites (tertiary alicyclic amines) is 1. The summed E-state index contributed by atoms with van der Waals surface area (Å²) in [7, 11) is 1.54. The number of aliphatic hydroxyl groups is 1. The van der Waals surface area contributed by atoms with Crippen LogP contribution in [0.2, 0.25) is 0 Å². The number of rotatable bonds is 7. The van der Waals surface area contributed by atoms with Crippen LogP contribution in [0.25, 0.3) is 16.7 Å². The van der Waals surface area contributed by atoms with Gasteiger partial charge in [0.05, 0.1) is 24.3 Å². The number of carbonyl (C=O) groups excluding carboxylic acids is 2. The van der Waals surface area contributed by atoms with Gasteiger partial charge < -0.3 is 24.5 Å². The fraction of sp³-hybridized carbons (Fsp3) is 0.280. The van der Waals surface area contributed by atoms with Crippen LogP contribution < -0.4 is 4.74 Å². The molecule has 7 heteroatoms. The Balaban J connectivity index is 1.88. The average Bonchev–Trinajstić information content (AvgIpc) is 3.31. The van der Waals surface area contributed by atoms with E-state index in [4.69, 9.17) is 9.47 Å². The number of carbonyl (C=O) groups is 2. The maximum Gasteiger partial charge on any atom is 0.295 e. The highest BCUT2D eigenvalue weighted by atomic mass is 16.5. The standard InChI is InChI=1S/C25H26N2O5/c1-15(2)32-17-8-6-7-16(13-17)22-21(24(29)25(30)27(22)11-12-31-3)23(28)19-14-26-20-10-5-4-9-18(19)20/h4-10,13-15,22,26,28H,11-12H2,1-3H3/b23-21-. The van der Waals surface area contributed by atoms with E-state index in [1.54, 1.807) is 12.3 Å². The highest BCUT2D eigenvalue weighted by Crippen LogP contribution is 2.41. The minimum atomic E-state index is -0.755. The molecule has 1 saturated heterocycles. The van der Waals surface area contributed by atoms with E-state index in [1.165, 1.54) is 12.0 Å². The zero-order valence-corrected chi connectivity index (χ0v) is 18.3. The van der Waals surface area contributed by atoms with Gasteiger partial charge in [-0.3, -0.25) is 9.59 Å². The molecule has 2 heterocycles. The second kappa shape index (κ2) is 8.88. The molecule has 7 nitrogen and oxygen atoms in total. The lowest BCUT2D eigenvalue weighted by molar-refractivity contribution is -0.140. The number of aromatic amines is 1. The number of methoxy groups -OCH3 is 1. The number of H-pyrrole nitrogens is 1. The van der Waals surface area contributed by atoms with Crippen molar-refractivity contribution in [3.63, 3.8) is 0 Å². The Morgan fingerprint density at radius 3 is 2.69 bits per heavy atom. The summed E-state index contributed by atoms with van der Waals surface area (Å²) in [4.78, 5) is 30.6. The molecule has 0 spiro atoms. The van der Waals surface area contributed by atoms with E-state index in [9.17, 15) is 14.7 Å². The molecular formula is C25H26N2O5. The summed E-state index contributed by atoms with van der Waals surface area (Å²) in [6.45, 7) is 4.33. The summed E-state index contributed by atoms with van der Waals surface area (Å²) < 4.78 is 11.0. The number of amides is 1. The zero-order valence-electron chi connectivity index (χ0n) is 18.3. The van der Waals surface area contributed by atoms with Gasteiger partial charge in [-0.15, -0.1) is 0 Å². The average molecular weight is 434 g/mol. The van der Waals surface area contributed by atoms with Crippen molar-refractivity contribution in [2.45, 2.75) is 26.0 Å². The number of Topliss-reactive ketones (excluding diaryl/α,β-unsaturated/α-hetero) is 1. The van der Waals surface area contributed by atoms with Gasteiger partial charge in [0.2, 0.25) is 0 Å². The highest BCUT2D eigenvalue weighted by Gasteiger charge is 2.46. The van der Waals surface area contributed by atoms with Crippen LogP contribution in [0.5, 0.6) is 5.75 Å². The van der Waals surface area contributed by atoms with E-state index in [1.807, 2.05) is 56.3 Å². The molecule has 1 atom stereocenters. The van der Waals surface area contributed by atoms with Crippen molar-refractivity contribution in [2.24, 2.45) is 0 Å². The topological polar surface area (TPSA) is 91.9 Å². The van der Waals surface area contributed by atoms with Gasteiger partial charge in [0.1, 0.15) is 11.5 Å². The maximum atomic E-state index is 13.1. The molecule has 0 saturated carbocycles. The van der Waals surface area contributed by atoms with Gasteiger partial charge >= 0.3 is 0 Å². The molecule has 1 aliphatic heterocycles. The highest BCUT2D eigenvalue weighted by molar-refractivity contribution is 6.46. The third kappa shape index (κ3) is 3.87. The summed E-state index contributed by atoms with van der Waals surface area (Å²) in [6.07, 6.45) is 1.62. The van der Waals surface area contributed by atoms with Crippen molar-refractivity contribution in [3.05, 3.63) is 71.4 Å². The second-order valence-electron chi connectivity index (χ2n) is 7.97. The molecule has 1 unspecified atom stereocenters. The first-order valence-corrected chi connectivity index (χ1v) is 10.5. The van der Waals surface area contributed by atoms with Gasteiger partial charge in [-0.1, -0.05) is 30.3 Å². The molecule has 3 aromatic rings. The fourth-order valence-electron chi connectivity index (χ4n) is 4.09. The lowest BCUT2D eigenvalue weighted by atomic mass is 9.95. The smallest absolute Gasteiger partial charge is 0.295 e. The predicted molar refractivity (Wildman–Crippen MR) is 121 cm³/mol. The fourth-order valence-corrected chi connectivity index (χ4v) is 4.09. The Morgan fingerprint density at radius 1 is 1.16 bits per heavy atom. The van der Waals surface area contributed by atoms with Gasteiger partial charge in [0.25, 0.3) is 11.7 Å². The maximum absolute atomic E-state index is 13.1. The molecule has 1 aliphatic rings. The van der Waals surface area contributed by atoms with Crippen molar-refractivity contribution >= 4 is 28.4 Å². The third-order valence-corrected chi connectivity index (χ3v) is 5.47. The quantitative estimate of drug-likeness (QED) is 0.333. The van der Waals surface area contributed by atoms with Crippen LogP contribution in [-0.2, 0) is 14.3 Å². The van der Waals surface area contributed by atoms with Gasteiger partial charge in [-0.25, -0.2) is 0 Å². The van der Waals surface area contributed by atoms with Crippen LogP contribution in [0.3, 0.4) is 0 Å². The number of aliphatic hydroxyl groups excluding tert-OH is 1. The summed E-state index contributed by atoms with van der Waals surface area (Å²) in [5, 5.41) is 12.0. The number of nitrogens with one attached hydrogen (secondary N) is 1. The normalized spacial score (nSPS) is 18.1. The summed E-state index contributed by atoms with van der Waals surface area (Å²) in [5.41, 5.74) is 2.04. The van der Waals surface area contributed by atoms with Crippen LogP contribution in [0.4, 0.5) is 0 Å². The Kier molecular flexibility index (Phi) is 6.01. The molecule has 1 fully saturated rings. The molecule has 0 aliphatic carbocycles. The molecule has 1 aromatic heterocycles. The summed E-state index contributed by atoms with van der Waals surface area (Å²) in [5.74, 6) is -0.962. The molecule has 0 radical (unpaired) electrons. The number of benzene rings is 2. The first kappa shape index (κ1) is 21.6. The first-order valence-electron chi connectivity index (χ1n) is 10.5. The number of hydrogen-bond acceptors (Lipinski definition) is 5. The van der Waals surface area contributed by atoms with E-state index in [0.29, 0.717) is 16.9 Å². The summed E-state index contributed by atoms with van der Waals surface area (Å²) in [6, 6.07) is 14.0. The van der Waals surface area contributed by atoms with Crippen LogP contribution in [0, 0.1) is 0 Å². The number of fused-ring (bicyclic) bond motifs is 1. The minimum Gasteiger partial charge on any atom is -0.507 e. The van der Waals surface area contributed by atoms with E-state index >= 15 is 0 Å². The molecule has 32 heavy (non-hydrogen) atoms. The van der Waals surface area contributed by atoms with E-state index in [2.05, 4.69) is 4.98 Å². The van der Waals surface area contributed by atoms with Crippen molar-refractivity contribution in [1.29, 1.82) is 0 Å². The van der Waals surface area contributed by atoms with Gasteiger partial charge in [0.15, 0.2) is 0 Å². The van der Waals surface area contributed by atoms with Crippen molar-refractivity contribution in [1.82, 2.24) is 9.88 Å². The van der Waals surface area contributed by atoms with Crippen LogP contribution in [0.15, 0.2) is 60.3 Å².